The summed E-state index contributed by atoms with van der Waals surface area (Å²) in [6.45, 7) is 2.14. The lowest BCUT2D eigenvalue weighted by molar-refractivity contribution is -0.145. The van der Waals surface area contributed by atoms with Crippen molar-refractivity contribution < 1.29 is 24.1 Å². The Morgan fingerprint density at radius 3 is 2.95 bits per heavy atom. The van der Waals surface area contributed by atoms with Crippen molar-refractivity contribution in [3.8, 4) is 5.75 Å². The van der Waals surface area contributed by atoms with Gasteiger partial charge in [0.1, 0.15) is 11.8 Å². The Hall–Kier alpha value is -1.63. The van der Waals surface area contributed by atoms with Crippen LogP contribution in [0.1, 0.15) is 11.6 Å². The van der Waals surface area contributed by atoms with Gasteiger partial charge in [-0.15, -0.1) is 0 Å². The molecule has 2 rings (SSSR count). The third-order valence-corrected chi connectivity index (χ3v) is 3.46. The molecule has 0 aliphatic carbocycles. The number of hydrogen-bond acceptors (Lipinski definition) is 5. The van der Waals surface area contributed by atoms with Gasteiger partial charge in [-0.3, -0.25) is 9.69 Å². The van der Waals surface area contributed by atoms with E-state index < -0.39 is 12.0 Å². The molecule has 0 bridgehead atoms. The van der Waals surface area contributed by atoms with E-state index in [-0.39, 0.29) is 6.10 Å². The number of methoxy groups -OCH3 is 1. The normalized spacial score (nSPS) is 20.2. The second kappa shape index (κ2) is 7.40. The molecule has 2 unspecified atom stereocenters. The summed E-state index contributed by atoms with van der Waals surface area (Å²) >= 11 is 0. The lowest BCUT2D eigenvalue weighted by atomic mass is 10.0. The molecule has 6 heteroatoms. The molecule has 116 valence electrons. The van der Waals surface area contributed by atoms with Gasteiger partial charge in [-0.1, -0.05) is 12.1 Å². The maximum Gasteiger partial charge on any atom is 0.325 e. The van der Waals surface area contributed by atoms with Crippen molar-refractivity contribution in [1.29, 1.82) is 0 Å². The summed E-state index contributed by atoms with van der Waals surface area (Å²) in [4.78, 5) is 13.4. The molecule has 1 heterocycles. The molecular weight excluding hydrogens is 274 g/mol. The maximum absolute atomic E-state index is 11.6. The molecule has 0 spiro atoms. The molecule has 0 amide bonds. The molecule has 6 nitrogen and oxygen atoms in total. The standard InChI is InChI=1S/C15H21NO5/c1-16(9-13-10-20-6-7-21-13)14(15(17)18)11-4-3-5-12(8-11)19-2/h3-5,8,13-14H,6-7,9-10H2,1-2H3,(H,17,18). The number of ether oxygens (including phenoxy) is 3. The molecule has 21 heavy (non-hydrogen) atoms. The molecule has 1 saturated heterocycles. The van der Waals surface area contributed by atoms with Crippen molar-refractivity contribution in [3.63, 3.8) is 0 Å². The van der Waals surface area contributed by atoms with Crippen LogP contribution in [0.3, 0.4) is 0 Å². The van der Waals surface area contributed by atoms with Gasteiger partial charge in [0.15, 0.2) is 0 Å². The van der Waals surface area contributed by atoms with Crippen LogP contribution in [0.25, 0.3) is 0 Å². The molecule has 1 aromatic carbocycles. The van der Waals surface area contributed by atoms with Crippen LogP contribution in [0.5, 0.6) is 5.75 Å². The number of carboxylic acid groups (broad SMARTS) is 1. The minimum Gasteiger partial charge on any atom is -0.497 e. The second-order valence-corrected chi connectivity index (χ2v) is 5.02. The Morgan fingerprint density at radius 1 is 1.52 bits per heavy atom. The van der Waals surface area contributed by atoms with Crippen molar-refractivity contribution in [2.24, 2.45) is 0 Å². The third-order valence-electron chi connectivity index (χ3n) is 3.46. The maximum atomic E-state index is 11.6. The van der Waals surface area contributed by atoms with Crippen LogP contribution in [-0.2, 0) is 14.3 Å². The summed E-state index contributed by atoms with van der Waals surface area (Å²) in [5.74, 6) is -0.258. The summed E-state index contributed by atoms with van der Waals surface area (Å²) in [5.41, 5.74) is 0.682. The van der Waals surface area contributed by atoms with Crippen molar-refractivity contribution in [1.82, 2.24) is 4.90 Å². The second-order valence-electron chi connectivity index (χ2n) is 5.02. The van der Waals surface area contributed by atoms with Gasteiger partial charge >= 0.3 is 5.97 Å². The minimum atomic E-state index is -0.900. The fourth-order valence-electron chi connectivity index (χ4n) is 2.47. The van der Waals surface area contributed by atoms with Crippen LogP contribution in [0.2, 0.25) is 0 Å². The fourth-order valence-corrected chi connectivity index (χ4v) is 2.47. The Labute approximate surface area is 124 Å². The van der Waals surface area contributed by atoms with E-state index in [1.807, 2.05) is 0 Å². The highest BCUT2D eigenvalue weighted by molar-refractivity contribution is 5.75. The third kappa shape index (κ3) is 4.17. The van der Waals surface area contributed by atoms with Crippen LogP contribution >= 0.6 is 0 Å². The predicted molar refractivity (Wildman–Crippen MR) is 76.6 cm³/mol. The van der Waals surface area contributed by atoms with Gasteiger partial charge < -0.3 is 19.3 Å². The zero-order chi connectivity index (χ0) is 15.2. The molecule has 1 N–H and O–H groups in total. The first-order valence-corrected chi connectivity index (χ1v) is 6.88. The van der Waals surface area contributed by atoms with Gasteiger partial charge in [0, 0.05) is 6.54 Å². The number of benzene rings is 1. The quantitative estimate of drug-likeness (QED) is 0.849. The van der Waals surface area contributed by atoms with Crippen LogP contribution in [0.15, 0.2) is 24.3 Å². The summed E-state index contributed by atoms with van der Waals surface area (Å²) in [7, 11) is 3.34. The molecule has 2 atom stereocenters. The van der Waals surface area contributed by atoms with Crippen molar-refractivity contribution in [3.05, 3.63) is 29.8 Å². The first-order chi connectivity index (χ1) is 10.1. The van der Waals surface area contributed by atoms with Crippen LogP contribution in [-0.4, -0.2) is 62.6 Å². The summed E-state index contributed by atoms with van der Waals surface area (Å²) in [6, 6.07) is 6.37. The lowest BCUT2D eigenvalue weighted by Crippen LogP contribution is -2.41. The fraction of sp³-hybridized carbons (Fsp3) is 0.533. The number of nitrogens with zero attached hydrogens (tertiary/aromatic N) is 1. The van der Waals surface area contributed by atoms with E-state index in [1.54, 1.807) is 43.3 Å². The Balaban J connectivity index is 2.11. The number of aliphatic carboxylic acids is 1. The van der Waals surface area contributed by atoms with Gasteiger partial charge in [-0.2, -0.15) is 0 Å². The van der Waals surface area contributed by atoms with Gasteiger partial charge in [0.2, 0.25) is 0 Å². The molecule has 0 radical (unpaired) electrons. The van der Waals surface area contributed by atoms with E-state index in [1.165, 1.54) is 0 Å². The summed E-state index contributed by atoms with van der Waals surface area (Å²) in [6.07, 6.45) is -0.101. The minimum absolute atomic E-state index is 0.101. The summed E-state index contributed by atoms with van der Waals surface area (Å²) in [5, 5.41) is 9.54. The monoisotopic (exact) mass is 295 g/mol. The van der Waals surface area contributed by atoms with Gasteiger partial charge in [0.25, 0.3) is 0 Å². The van der Waals surface area contributed by atoms with Gasteiger partial charge in [0.05, 0.1) is 33.0 Å². The predicted octanol–water partition coefficient (Wildman–Crippen LogP) is 1.17. The SMILES string of the molecule is COc1cccc(C(C(=O)O)N(C)CC2COCCO2)c1. The first-order valence-electron chi connectivity index (χ1n) is 6.88. The Morgan fingerprint density at radius 2 is 2.33 bits per heavy atom. The zero-order valence-corrected chi connectivity index (χ0v) is 12.3. The molecule has 1 aliphatic heterocycles. The highest BCUT2D eigenvalue weighted by Gasteiger charge is 2.28. The van der Waals surface area contributed by atoms with Gasteiger partial charge in [-0.25, -0.2) is 0 Å². The highest BCUT2D eigenvalue weighted by atomic mass is 16.6. The van der Waals surface area contributed by atoms with E-state index in [9.17, 15) is 9.90 Å². The van der Waals surface area contributed by atoms with E-state index in [2.05, 4.69) is 0 Å². The number of rotatable bonds is 6. The van der Waals surface area contributed by atoms with Gasteiger partial charge in [-0.05, 0) is 24.7 Å². The number of hydrogen-bond donors (Lipinski definition) is 1. The average Bonchev–Trinajstić information content (AvgIpc) is 2.48. The first kappa shape index (κ1) is 15.8. The number of likely N-dealkylation sites (N-methyl/N-ethyl adjacent to an activating group) is 1. The Bertz CT molecular complexity index is 473. The molecule has 1 aliphatic rings. The van der Waals surface area contributed by atoms with E-state index in [0.717, 1.165) is 0 Å². The van der Waals surface area contributed by atoms with Crippen LogP contribution in [0, 0.1) is 0 Å². The van der Waals surface area contributed by atoms with E-state index >= 15 is 0 Å². The van der Waals surface area contributed by atoms with Crippen molar-refractivity contribution >= 4 is 5.97 Å². The molecule has 1 aromatic rings. The average molecular weight is 295 g/mol. The molecule has 0 aromatic heterocycles. The molecular formula is C15H21NO5. The van der Waals surface area contributed by atoms with Crippen molar-refractivity contribution in [2.45, 2.75) is 12.1 Å². The Kier molecular flexibility index (Phi) is 5.55. The zero-order valence-electron chi connectivity index (χ0n) is 12.3. The molecule has 1 fully saturated rings. The highest BCUT2D eigenvalue weighted by Crippen LogP contribution is 2.24. The van der Waals surface area contributed by atoms with Crippen LogP contribution < -0.4 is 4.74 Å². The van der Waals surface area contributed by atoms with Crippen molar-refractivity contribution in [2.75, 3.05) is 40.5 Å². The largest absolute Gasteiger partial charge is 0.497 e. The van der Waals surface area contributed by atoms with E-state index in [0.29, 0.717) is 37.7 Å². The summed E-state index contributed by atoms with van der Waals surface area (Å²) < 4.78 is 16.1. The number of carbonyl (C=O) groups is 1. The van der Waals surface area contributed by atoms with Crippen LogP contribution in [0.4, 0.5) is 0 Å². The van der Waals surface area contributed by atoms with E-state index in [4.69, 9.17) is 14.2 Å². The molecule has 0 saturated carbocycles. The number of carboxylic acids is 1. The lowest BCUT2D eigenvalue weighted by Gasteiger charge is -2.31. The topological polar surface area (TPSA) is 68.2 Å². The smallest absolute Gasteiger partial charge is 0.325 e.